The molecule has 754 valence electrons. The number of aliphatic hydroxyl groups excluding tert-OH is 5. The molecule has 8 aromatic carbocycles. The number of nitrogens with one attached hydrogen (secondary N) is 4. The van der Waals surface area contributed by atoms with Gasteiger partial charge in [0.25, 0.3) is 23.6 Å². The van der Waals surface area contributed by atoms with E-state index in [0.717, 1.165) is 61.4 Å². The van der Waals surface area contributed by atoms with Gasteiger partial charge in [-0.1, -0.05) is 97.0 Å². The van der Waals surface area contributed by atoms with Gasteiger partial charge in [-0.2, -0.15) is 0 Å². The van der Waals surface area contributed by atoms with Crippen LogP contribution in [-0.4, -0.2) is 159 Å². The number of aliphatic hydroxyl groups is 5. The van der Waals surface area contributed by atoms with Gasteiger partial charge in [0.05, 0.1) is 126 Å². The lowest BCUT2D eigenvalue weighted by Crippen LogP contribution is -2.34. The Bertz CT molecular complexity index is 6330. The lowest BCUT2D eigenvalue weighted by atomic mass is 9.84. The van der Waals surface area contributed by atoms with Gasteiger partial charge in [0.2, 0.25) is 0 Å². The van der Waals surface area contributed by atoms with Crippen molar-refractivity contribution in [2.45, 2.75) is 175 Å². The zero-order chi connectivity index (χ0) is 103. The first-order chi connectivity index (χ1) is 68.3. The van der Waals surface area contributed by atoms with Gasteiger partial charge < -0.3 is 80.2 Å². The van der Waals surface area contributed by atoms with Crippen molar-refractivity contribution in [3.63, 3.8) is 0 Å². The third kappa shape index (κ3) is 27.9. The van der Waals surface area contributed by atoms with Gasteiger partial charge in [0.1, 0.15) is 111 Å². The maximum Gasteiger partial charge on any atom is 0.254 e. The molecule has 0 spiro atoms. The smallest absolute Gasteiger partial charge is 0.254 e. The van der Waals surface area contributed by atoms with Gasteiger partial charge in [-0.15, -0.1) is 0 Å². The molecule has 1 saturated heterocycles. The molecule has 19 N–H and O–H groups in total. The van der Waals surface area contributed by atoms with Gasteiger partial charge in [-0.3, -0.25) is 19.2 Å². The molecule has 27 nitrogen and oxygen atoms in total. The zero-order valence-electron chi connectivity index (χ0n) is 76.4. The van der Waals surface area contributed by atoms with Crippen molar-refractivity contribution in [3.8, 4) is 45.0 Å². The van der Waals surface area contributed by atoms with Crippen LogP contribution < -0.4 is 49.9 Å². The summed E-state index contributed by atoms with van der Waals surface area (Å²) in [6.07, 6.45) is 4.71. The predicted molar refractivity (Wildman–Crippen MR) is 525 cm³/mol. The molecule has 0 bridgehead atoms. The van der Waals surface area contributed by atoms with Crippen LogP contribution in [0.5, 0.6) is 0 Å². The second-order valence-corrected chi connectivity index (χ2v) is 38.0. The Kier molecular flexibility index (Phi) is 37.4. The third-order valence-corrected chi connectivity index (χ3v) is 26.5. The van der Waals surface area contributed by atoms with Crippen molar-refractivity contribution in [3.05, 3.63) is 303 Å². The van der Waals surface area contributed by atoms with Crippen LogP contribution in [0.3, 0.4) is 0 Å². The van der Waals surface area contributed by atoms with Crippen molar-refractivity contribution in [1.29, 1.82) is 0 Å². The summed E-state index contributed by atoms with van der Waals surface area (Å²) in [6, 6.07) is 28.6. The molecular weight excluding hydrogens is 2100 g/mol. The number of nitrogens with zero attached hydrogens (tertiary/aromatic N) is 8. The van der Waals surface area contributed by atoms with Crippen molar-refractivity contribution in [2.75, 3.05) is 55.9 Å². The first kappa shape index (κ1) is 108. The Morgan fingerprint density at radius 2 is 0.671 bits per heavy atom. The van der Waals surface area contributed by atoms with Gasteiger partial charge in [0, 0.05) is 84.1 Å². The summed E-state index contributed by atoms with van der Waals surface area (Å²) in [7, 11) is 0. The van der Waals surface area contributed by atoms with Gasteiger partial charge in [0.15, 0.2) is 0 Å². The molecule has 0 radical (unpaired) electrons. The zero-order valence-corrected chi connectivity index (χ0v) is 81.9. The number of rotatable bonds is 25. The number of anilines is 4. The fourth-order valence-electron chi connectivity index (χ4n) is 17.2. The van der Waals surface area contributed by atoms with Crippen LogP contribution in [0.25, 0.3) is 45.0 Å². The van der Waals surface area contributed by atoms with E-state index in [4.69, 9.17) is 45.0 Å². The number of hydrogen-bond donors (Lipinski definition) is 14. The Balaban J connectivity index is 0.000000160. The molecule has 4 fully saturated rings. The minimum absolute atomic E-state index is 0.0314. The van der Waals surface area contributed by atoms with E-state index in [-0.39, 0.29) is 128 Å². The molecule has 3 saturated carbocycles. The predicted octanol–water partition coefficient (Wildman–Crippen LogP) is 18.4. The topological polar surface area (TPSA) is 460 Å². The number of carbonyl (C=O) groups is 4. The molecule has 12 aromatic rings. The van der Waals surface area contributed by atoms with Crippen LogP contribution in [0.1, 0.15) is 225 Å². The number of nitrogen functional groups attached to an aromatic ring is 4. The Morgan fingerprint density at radius 1 is 0.392 bits per heavy atom. The van der Waals surface area contributed by atoms with E-state index in [0.29, 0.717) is 128 Å². The summed E-state index contributed by atoms with van der Waals surface area (Å²) < 4.78 is 164. The van der Waals surface area contributed by atoms with E-state index in [2.05, 4.69) is 109 Å². The minimum atomic E-state index is -1.36. The first-order valence-electron chi connectivity index (χ1n) is 45.6. The van der Waals surface area contributed by atoms with Gasteiger partial charge >= 0.3 is 0 Å². The molecule has 4 amide bonds. The molecule has 16 rings (SSSR count). The van der Waals surface area contributed by atoms with Crippen LogP contribution in [0.2, 0.25) is 5.02 Å². The Hall–Kier alpha value is -12.2. The van der Waals surface area contributed by atoms with E-state index in [1.807, 2.05) is 6.92 Å². The van der Waals surface area contributed by atoms with Crippen molar-refractivity contribution >= 4 is 106 Å². The maximum atomic E-state index is 15.1. The molecule has 3 aliphatic carbocycles. The highest BCUT2D eigenvalue weighted by atomic mass is 79.9. The fraction of sp³-hybridized carbons (Fsp3) is 0.327. The van der Waals surface area contributed by atoms with E-state index < -0.39 is 144 Å². The number of nitrogens with two attached hydrogens (primary N) is 5. The summed E-state index contributed by atoms with van der Waals surface area (Å²) >= 11 is 15.5. The largest absolute Gasteiger partial charge is 0.394 e. The maximum absolute atomic E-state index is 15.1. The summed E-state index contributed by atoms with van der Waals surface area (Å²) in [5, 5.41) is 58.9. The van der Waals surface area contributed by atoms with Gasteiger partial charge in [-0.25, -0.2) is 88.2 Å². The fourth-order valence-corrected chi connectivity index (χ4v) is 18.9. The molecule has 4 aliphatic rings. The number of alkyl halides is 3. The number of aromatic nitrogens is 8. The minimum Gasteiger partial charge on any atom is -0.394 e. The molecule has 13 atom stereocenters. The third-order valence-electron chi connectivity index (χ3n) is 24.9. The van der Waals surface area contributed by atoms with Crippen molar-refractivity contribution in [1.82, 2.24) is 61.1 Å². The average Bonchev–Trinajstić information content (AvgIpc) is 0.794. The van der Waals surface area contributed by atoms with Crippen LogP contribution in [0.4, 0.5) is 71.6 Å². The monoisotopic (exact) mass is 2190 g/mol. The second kappa shape index (κ2) is 49.4. The van der Waals surface area contributed by atoms with Crippen LogP contribution in [0.15, 0.2) is 184 Å². The number of benzene rings is 8. The SMILES string of the molecule is CCC[C@@H](NC(=O)c1ccc(-c2nc([C@H]3CC[C@H](O)[C@@H](F)C3)cnc2N)cc1F)c1cc(F)cc(Br)c1.NC[C@@H](NC(=O)c1ccc(-c2nc(C3CCOCC3)cnc2N)cc1F)c1cc(F)cc(Cl)c1.Nc1ncc([C@@H]2CC[C@@H](O)[C@H](F)C2)nc1-c1ccc(C(=O)N[C@H](CO)c2cc(F)cc(Br)c2)c(F)c1.Nc1ncc([C@H]2CC[C@H](O)[C@@H](F)C2)nc1-c1ccc(C(=O)N[C@H](CO)c2cc(F)cc(Br)c2)c(F)c1. The normalized spacial score (nSPS) is 19.3. The molecule has 5 heterocycles. The molecule has 4 aromatic heterocycles. The molecule has 0 unspecified atom stereocenters. The molecule has 143 heavy (non-hydrogen) atoms. The van der Waals surface area contributed by atoms with Crippen LogP contribution in [0, 0.1) is 46.5 Å². The van der Waals surface area contributed by atoms with Crippen molar-refractivity contribution in [2.24, 2.45) is 5.73 Å². The van der Waals surface area contributed by atoms with Crippen LogP contribution in [-0.2, 0) is 4.74 Å². The first-order valence-corrected chi connectivity index (χ1v) is 48.3. The summed E-state index contributed by atoms with van der Waals surface area (Å²) in [5.41, 5.74) is 34.8. The highest BCUT2D eigenvalue weighted by Gasteiger charge is 2.36. The number of hydrogen-bond acceptors (Lipinski definition) is 23. The van der Waals surface area contributed by atoms with E-state index in [1.54, 1.807) is 18.3 Å². The second-order valence-electron chi connectivity index (χ2n) is 34.9. The van der Waals surface area contributed by atoms with Crippen LogP contribution >= 0.6 is 59.4 Å². The Morgan fingerprint density at radius 3 is 0.944 bits per heavy atom. The highest BCUT2D eigenvalue weighted by molar-refractivity contribution is 9.11. The quantitative estimate of drug-likeness (QED) is 0.0236. The Labute approximate surface area is 844 Å². The van der Waals surface area contributed by atoms with E-state index in [1.165, 1.54) is 116 Å². The number of halogens is 15. The lowest BCUT2D eigenvalue weighted by Gasteiger charge is -2.28. The van der Waals surface area contributed by atoms with Crippen molar-refractivity contribution < 1.29 is 97.7 Å². The molecular formula is C101H100Br3ClF11N17O10. The number of amides is 4. The average molecular weight is 2200 g/mol. The van der Waals surface area contributed by atoms with Gasteiger partial charge in [-0.05, 0) is 221 Å². The van der Waals surface area contributed by atoms with E-state index >= 15 is 4.39 Å². The molecule has 1 aliphatic heterocycles. The summed E-state index contributed by atoms with van der Waals surface area (Å²) in [5.74, 6) is -8.57. The highest BCUT2D eigenvalue weighted by Crippen LogP contribution is 2.42. The standard InChI is InChI=1S/C27H28BrF3N4O2.2C25H24BrF3N4O3.C24H24ClF2N5O2/c1-2-3-22(16-8-17(28)12-18(29)9-16)35-27(37)19-6-4-15(11-20(19)30)25-26(32)33-13-23(34-25)14-5-7-24(36)21(31)10-14;2*26-15-5-14(6-16(27)9-15)21(11-34)33-25(36)17-3-1-13(8-18(17)28)23-24(30)31-10-20(32-23)12-2-4-22(35)19(29)7-12;25-16-7-15(8-17(26)10-16)20(11-28)32-24(33)18-2-1-14(9-19(18)27)22-23(29)30-12-21(31-22)13-3-5-34-6-4-13/h4,6,8-9,11-14,21-22,24,36H,2-3,5,7,10H2,1H3,(H2,32,33)(H,35,37);2*1,3,5-6,8-10,12,19,21-22,34-35H,2,4,7,11H2,(H2,30,31)(H,33,36);1-2,7-10,12-13,20H,3-6,11,28H2,(H2,29,30)(H,32,33)/t14-,21-,22+,24-;12-,19-,21+,22-;12-,19-,21-,22-;20-/m0011/s1. The lowest BCUT2D eigenvalue weighted by molar-refractivity contribution is 0.0363. The summed E-state index contributed by atoms with van der Waals surface area (Å²) in [6.45, 7) is 2.14. The summed E-state index contributed by atoms with van der Waals surface area (Å²) in [4.78, 5) is 86.0. The number of carbonyl (C=O) groups excluding carboxylic acids is 4. The number of ether oxygens (including phenoxy) is 1. The van der Waals surface area contributed by atoms with E-state index in [9.17, 15) is 88.6 Å². The molecule has 42 heteroatoms.